The summed E-state index contributed by atoms with van der Waals surface area (Å²) in [5, 5.41) is 0. The molecule has 4 heteroatoms. The van der Waals surface area contributed by atoms with Crippen LogP contribution in [-0.2, 0) is 20.9 Å². The Morgan fingerprint density at radius 2 is 1.45 bits per heavy atom. The summed E-state index contributed by atoms with van der Waals surface area (Å²) in [4.78, 5) is 0.189. The second-order valence-corrected chi connectivity index (χ2v) is 6.52. The van der Waals surface area contributed by atoms with E-state index in [2.05, 4.69) is 0 Å². The van der Waals surface area contributed by atoms with Gasteiger partial charge in [0.15, 0.2) is 0 Å². The van der Waals surface area contributed by atoms with Gasteiger partial charge in [-0.15, -0.1) is 0 Å². The van der Waals surface area contributed by atoms with Crippen molar-refractivity contribution in [2.75, 3.05) is 0 Å². The largest absolute Gasteiger partial charge is 0.297 e. The molecule has 0 unspecified atom stereocenters. The van der Waals surface area contributed by atoms with Crippen LogP contribution in [0.2, 0.25) is 0 Å². The van der Waals surface area contributed by atoms with Gasteiger partial charge in [-0.2, -0.15) is 8.42 Å². The highest BCUT2D eigenvalue weighted by Crippen LogP contribution is 2.19. The SMILES string of the molecule is Cc1ccc(S(=O)(=O)OCc2c(C)cccc2C)cc1. The zero-order valence-electron chi connectivity index (χ0n) is 11.9. The Bertz CT molecular complexity index is 681. The van der Waals surface area contributed by atoms with Gasteiger partial charge in [0.2, 0.25) is 0 Å². The zero-order valence-corrected chi connectivity index (χ0v) is 12.7. The zero-order chi connectivity index (χ0) is 14.8. The van der Waals surface area contributed by atoms with Crippen molar-refractivity contribution in [1.82, 2.24) is 0 Å². The monoisotopic (exact) mass is 290 g/mol. The van der Waals surface area contributed by atoms with E-state index in [-0.39, 0.29) is 11.5 Å². The molecule has 2 rings (SSSR count). The molecular weight excluding hydrogens is 272 g/mol. The van der Waals surface area contributed by atoms with E-state index in [1.165, 1.54) is 0 Å². The molecule has 0 bridgehead atoms. The third-order valence-electron chi connectivity index (χ3n) is 3.31. The van der Waals surface area contributed by atoms with Crippen LogP contribution < -0.4 is 0 Å². The van der Waals surface area contributed by atoms with Crippen molar-refractivity contribution in [3.05, 3.63) is 64.7 Å². The highest BCUT2D eigenvalue weighted by Gasteiger charge is 2.16. The van der Waals surface area contributed by atoms with Crippen LogP contribution in [0.3, 0.4) is 0 Å². The van der Waals surface area contributed by atoms with Gasteiger partial charge in [-0.05, 0) is 49.6 Å². The lowest BCUT2D eigenvalue weighted by Crippen LogP contribution is -2.08. The van der Waals surface area contributed by atoms with Gasteiger partial charge in [-0.3, -0.25) is 4.18 Å². The predicted octanol–water partition coefficient (Wildman–Crippen LogP) is 3.52. The number of aryl methyl sites for hydroxylation is 3. The van der Waals surface area contributed by atoms with Gasteiger partial charge in [0.25, 0.3) is 10.1 Å². The number of hydrogen-bond acceptors (Lipinski definition) is 3. The summed E-state index contributed by atoms with van der Waals surface area (Å²) < 4.78 is 29.4. The average molecular weight is 290 g/mol. The highest BCUT2D eigenvalue weighted by molar-refractivity contribution is 7.86. The maximum atomic E-state index is 12.1. The quantitative estimate of drug-likeness (QED) is 0.809. The first-order valence-electron chi connectivity index (χ1n) is 6.41. The van der Waals surface area contributed by atoms with Crippen molar-refractivity contribution in [1.29, 1.82) is 0 Å². The van der Waals surface area contributed by atoms with Crippen LogP contribution in [0.1, 0.15) is 22.3 Å². The van der Waals surface area contributed by atoms with E-state index in [4.69, 9.17) is 4.18 Å². The Morgan fingerprint density at radius 1 is 0.900 bits per heavy atom. The molecule has 0 spiro atoms. The van der Waals surface area contributed by atoms with E-state index in [1.54, 1.807) is 24.3 Å². The molecule has 0 aromatic heterocycles. The van der Waals surface area contributed by atoms with Crippen molar-refractivity contribution in [2.24, 2.45) is 0 Å². The molecule has 0 saturated heterocycles. The molecular formula is C16H18O3S. The lowest BCUT2D eigenvalue weighted by atomic mass is 10.0. The summed E-state index contributed by atoms with van der Waals surface area (Å²) in [6.07, 6.45) is 0. The maximum absolute atomic E-state index is 12.1. The lowest BCUT2D eigenvalue weighted by molar-refractivity contribution is 0.306. The van der Waals surface area contributed by atoms with Crippen LogP contribution in [0.15, 0.2) is 47.4 Å². The molecule has 0 aliphatic rings. The summed E-state index contributed by atoms with van der Waals surface area (Å²) in [7, 11) is -3.71. The maximum Gasteiger partial charge on any atom is 0.297 e. The molecule has 0 radical (unpaired) electrons. The third-order valence-corrected chi connectivity index (χ3v) is 4.59. The van der Waals surface area contributed by atoms with Gasteiger partial charge >= 0.3 is 0 Å². The molecule has 0 saturated carbocycles. The van der Waals surface area contributed by atoms with E-state index in [0.29, 0.717) is 0 Å². The van der Waals surface area contributed by atoms with Crippen LogP contribution in [0.5, 0.6) is 0 Å². The van der Waals surface area contributed by atoms with Gasteiger partial charge in [0.1, 0.15) is 0 Å². The summed E-state index contributed by atoms with van der Waals surface area (Å²) >= 11 is 0. The van der Waals surface area contributed by atoms with E-state index in [9.17, 15) is 8.42 Å². The van der Waals surface area contributed by atoms with Crippen LogP contribution in [0, 0.1) is 20.8 Å². The summed E-state index contributed by atoms with van der Waals surface area (Å²) in [5.41, 5.74) is 4.00. The number of hydrogen-bond donors (Lipinski definition) is 0. The summed E-state index contributed by atoms with van der Waals surface area (Å²) in [5.74, 6) is 0. The standard InChI is InChI=1S/C16H18O3S/c1-12-7-9-15(10-8-12)20(17,18)19-11-16-13(2)5-4-6-14(16)3/h4-10H,11H2,1-3H3. The summed E-state index contributed by atoms with van der Waals surface area (Å²) in [6, 6.07) is 12.5. The Kier molecular flexibility index (Phi) is 4.26. The molecule has 0 fully saturated rings. The molecule has 20 heavy (non-hydrogen) atoms. The van der Waals surface area contributed by atoms with E-state index >= 15 is 0 Å². The molecule has 3 nitrogen and oxygen atoms in total. The van der Waals surface area contributed by atoms with Gasteiger partial charge in [-0.1, -0.05) is 35.9 Å². The average Bonchev–Trinajstić information content (AvgIpc) is 2.38. The Labute approximate surface area is 120 Å². The second-order valence-electron chi connectivity index (χ2n) is 4.90. The number of rotatable bonds is 4. The fourth-order valence-corrected chi connectivity index (χ4v) is 2.86. The topological polar surface area (TPSA) is 43.4 Å². The van der Waals surface area contributed by atoms with Crippen LogP contribution in [0.25, 0.3) is 0 Å². The molecule has 0 heterocycles. The predicted molar refractivity (Wildman–Crippen MR) is 79.1 cm³/mol. The van der Waals surface area contributed by atoms with E-state index < -0.39 is 10.1 Å². The van der Waals surface area contributed by atoms with Crippen LogP contribution in [-0.4, -0.2) is 8.42 Å². The van der Waals surface area contributed by atoms with Gasteiger partial charge in [-0.25, -0.2) is 0 Å². The third kappa shape index (κ3) is 3.26. The van der Waals surface area contributed by atoms with Crippen molar-refractivity contribution < 1.29 is 12.6 Å². The molecule has 0 aliphatic heterocycles. The van der Waals surface area contributed by atoms with Crippen molar-refractivity contribution in [2.45, 2.75) is 32.3 Å². The molecule has 0 amide bonds. The fraction of sp³-hybridized carbons (Fsp3) is 0.250. The van der Waals surface area contributed by atoms with Gasteiger partial charge in [0, 0.05) is 0 Å². The first-order chi connectivity index (χ1) is 9.40. The minimum absolute atomic E-state index is 0.0642. The lowest BCUT2D eigenvalue weighted by Gasteiger charge is -2.10. The molecule has 2 aromatic rings. The van der Waals surface area contributed by atoms with Gasteiger partial charge in [0.05, 0.1) is 11.5 Å². The molecule has 106 valence electrons. The Balaban J connectivity index is 2.20. The Morgan fingerprint density at radius 3 is 2.00 bits per heavy atom. The van der Waals surface area contributed by atoms with Crippen LogP contribution >= 0.6 is 0 Å². The smallest absolute Gasteiger partial charge is 0.262 e. The van der Waals surface area contributed by atoms with Crippen LogP contribution in [0.4, 0.5) is 0 Å². The van der Waals surface area contributed by atoms with E-state index in [1.807, 2.05) is 39.0 Å². The minimum atomic E-state index is -3.71. The Hall–Kier alpha value is -1.65. The van der Waals surface area contributed by atoms with Crippen molar-refractivity contribution >= 4 is 10.1 Å². The molecule has 2 aromatic carbocycles. The number of benzene rings is 2. The minimum Gasteiger partial charge on any atom is -0.262 e. The molecule has 0 N–H and O–H groups in total. The first-order valence-corrected chi connectivity index (χ1v) is 7.82. The van der Waals surface area contributed by atoms with Crippen molar-refractivity contribution in [3.8, 4) is 0 Å². The normalized spacial score (nSPS) is 11.6. The van der Waals surface area contributed by atoms with E-state index in [0.717, 1.165) is 22.3 Å². The van der Waals surface area contributed by atoms with Crippen molar-refractivity contribution in [3.63, 3.8) is 0 Å². The molecule has 0 aliphatic carbocycles. The first kappa shape index (κ1) is 14.8. The second kappa shape index (κ2) is 5.77. The molecule has 0 atom stereocenters. The summed E-state index contributed by atoms with van der Waals surface area (Å²) in [6.45, 7) is 5.87. The highest BCUT2D eigenvalue weighted by atomic mass is 32.2. The fourth-order valence-electron chi connectivity index (χ4n) is 1.99. The van der Waals surface area contributed by atoms with Gasteiger partial charge < -0.3 is 0 Å².